The van der Waals surface area contributed by atoms with Crippen LogP contribution in [0.2, 0.25) is 0 Å². The molecule has 0 saturated heterocycles. The maximum absolute atomic E-state index is 12.4. The van der Waals surface area contributed by atoms with Crippen molar-refractivity contribution in [1.29, 1.82) is 0 Å². The normalized spacial score (nSPS) is 10.8. The van der Waals surface area contributed by atoms with Gasteiger partial charge < -0.3 is 15.0 Å². The van der Waals surface area contributed by atoms with Crippen LogP contribution in [0.5, 0.6) is 5.75 Å². The fourth-order valence-corrected chi connectivity index (χ4v) is 3.50. The highest BCUT2D eigenvalue weighted by molar-refractivity contribution is 7.18. The van der Waals surface area contributed by atoms with Gasteiger partial charge in [0.25, 0.3) is 0 Å². The first-order chi connectivity index (χ1) is 13.9. The lowest BCUT2D eigenvalue weighted by atomic mass is 10.1. The summed E-state index contributed by atoms with van der Waals surface area (Å²) in [5.74, 6) is 1.02. The van der Waals surface area contributed by atoms with Crippen LogP contribution in [0.1, 0.15) is 46.5 Å². The Balaban J connectivity index is 1.90. The maximum Gasteiger partial charge on any atom is 0.227 e. The van der Waals surface area contributed by atoms with Crippen LogP contribution in [0.4, 0.5) is 5.13 Å². The summed E-state index contributed by atoms with van der Waals surface area (Å²) in [6.45, 7) is 7.25. The highest BCUT2D eigenvalue weighted by Crippen LogP contribution is 2.27. The van der Waals surface area contributed by atoms with Gasteiger partial charge in [-0.15, -0.1) is 10.2 Å². The van der Waals surface area contributed by atoms with Gasteiger partial charge in [-0.1, -0.05) is 38.5 Å². The highest BCUT2D eigenvalue weighted by atomic mass is 32.1. The number of aromatic nitrogens is 2. The molecule has 1 aromatic heterocycles. The molecule has 2 rings (SSSR count). The van der Waals surface area contributed by atoms with E-state index in [2.05, 4.69) is 22.4 Å². The molecule has 0 aliphatic rings. The van der Waals surface area contributed by atoms with Crippen LogP contribution in [0.3, 0.4) is 0 Å². The summed E-state index contributed by atoms with van der Waals surface area (Å²) in [4.78, 5) is 26.5. The van der Waals surface area contributed by atoms with E-state index in [-0.39, 0.29) is 18.2 Å². The first-order valence-corrected chi connectivity index (χ1v) is 10.8. The SMILES string of the molecule is CCCCN(CCC(=O)Nc1nnc(-c2ccc(OC)cc2)s1)C(=O)CC(C)C. The summed E-state index contributed by atoms with van der Waals surface area (Å²) < 4.78 is 5.15. The molecule has 0 atom stereocenters. The van der Waals surface area contributed by atoms with Crippen molar-refractivity contribution in [2.24, 2.45) is 5.92 Å². The van der Waals surface area contributed by atoms with Crippen LogP contribution in [0.15, 0.2) is 24.3 Å². The molecule has 1 heterocycles. The van der Waals surface area contributed by atoms with Crippen molar-refractivity contribution < 1.29 is 14.3 Å². The summed E-state index contributed by atoms with van der Waals surface area (Å²) in [6.07, 6.45) is 2.70. The van der Waals surface area contributed by atoms with Crippen molar-refractivity contribution in [2.45, 2.75) is 46.5 Å². The molecule has 2 amide bonds. The molecule has 0 unspecified atom stereocenters. The van der Waals surface area contributed by atoms with Crippen LogP contribution in [0.25, 0.3) is 10.6 Å². The Morgan fingerprint density at radius 1 is 1.17 bits per heavy atom. The lowest BCUT2D eigenvalue weighted by molar-refractivity contribution is -0.132. The number of ether oxygens (including phenoxy) is 1. The predicted molar refractivity (Wildman–Crippen MR) is 116 cm³/mol. The quantitative estimate of drug-likeness (QED) is 0.591. The van der Waals surface area contributed by atoms with Crippen LogP contribution in [-0.4, -0.2) is 47.1 Å². The van der Waals surface area contributed by atoms with Crippen molar-refractivity contribution in [3.8, 4) is 16.3 Å². The average Bonchev–Trinajstić information content (AvgIpc) is 3.15. The number of carbonyl (C=O) groups is 2. The van der Waals surface area contributed by atoms with E-state index in [4.69, 9.17) is 4.74 Å². The number of hydrogen-bond donors (Lipinski definition) is 1. The minimum Gasteiger partial charge on any atom is -0.497 e. The molecular formula is C21H30N4O3S. The molecule has 0 radical (unpaired) electrons. The number of unbranched alkanes of at least 4 members (excludes halogenated alkanes) is 1. The van der Waals surface area contributed by atoms with Crippen LogP contribution in [-0.2, 0) is 9.59 Å². The molecular weight excluding hydrogens is 388 g/mol. The van der Waals surface area contributed by atoms with E-state index in [9.17, 15) is 9.59 Å². The van der Waals surface area contributed by atoms with Crippen molar-refractivity contribution in [3.05, 3.63) is 24.3 Å². The molecule has 0 aliphatic carbocycles. The Kier molecular flexibility index (Phi) is 9.05. The number of hydrogen-bond acceptors (Lipinski definition) is 6. The molecule has 1 aromatic carbocycles. The molecule has 158 valence electrons. The summed E-state index contributed by atoms with van der Waals surface area (Å²) >= 11 is 1.32. The highest BCUT2D eigenvalue weighted by Gasteiger charge is 2.17. The van der Waals surface area contributed by atoms with E-state index >= 15 is 0 Å². The Bertz CT molecular complexity index is 789. The topological polar surface area (TPSA) is 84.4 Å². The molecule has 1 N–H and O–H groups in total. The van der Waals surface area contributed by atoms with Crippen molar-refractivity contribution in [1.82, 2.24) is 15.1 Å². The smallest absolute Gasteiger partial charge is 0.227 e. The third-order valence-corrected chi connectivity index (χ3v) is 5.22. The number of nitrogens with one attached hydrogen (secondary N) is 1. The molecule has 0 bridgehead atoms. The minimum atomic E-state index is -0.165. The molecule has 8 heteroatoms. The monoisotopic (exact) mass is 418 g/mol. The van der Waals surface area contributed by atoms with Gasteiger partial charge in [0.2, 0.25) is 16.9 Å². The molecule has 0 aliphatic heterocycles. The second-order valence-electron chi connectivity index (χ2n) is 7.27. The number of benzene rings is 1. The minimum absolute atomic E-state index is 0.110. The fourth-order valence-electron chi connectivity index (χ4n) is 2.73. The zero-order valence-corrected chi connectivity index (χ0v) is 18.4. The largest absolute Gasteiger partial charge is 0.497 e. The van der Waals surface area contributed by atoms with Crippen molar-refractivity contribution in [2.75, 3.05) is 25.5 Å². The first-order valence-electron chi connectivity index (χ1n) is 9.98. The zero-order valence-electron chi connectivity index (χ0n) is 17.6. The third-order valence-electron chi connectivity index (χ3n) is 4.33. The lowest BCUT2D eigenvalue weighted by Crippen LogP contribution is -2.35. The van der Waals surface area contributed by atoms with Crippen molar-refractivity contribution in [3.63, 3.8) is 0 Å². The van der Waals surface area contributed by atoms with Crippen LogP contribution in [0, 0.1) is 5.92 Å². The summed E-state index contributed by atoms with van der Waals surface area (Å²) in [5.41, 5.74) is 0.911. The Morgan fingerprint density at radius 2 is 1.90 bits per heavy atom. The third kappa shape index (κ3) is 7.45. The van der Waals surface area contributed by atoms with Gasteiger partial charge in [0.15, 0.2) is 0 Å². The van der Waals surface area contributed by atoms with E-state index in [0.29, 0.717) is 30.6 Å². The fraction of sp³-hybridized carbons (Fsp3) is 0.524. The average molecular weight is 419 g/mol. The molecule has 7 nitrogen and oxygen atoms in total. The van der Waals surface area contributed by atoms with Gasteiger partial charge >= 0.3 is 0 Å². The maximum atomic E-state index is 12.4. The number of carbonyl (C=O) groups excluding carboxylic acids is 2. The van der Waals surface area contributed by atoms with E-state index < -0.39 is 0 Å². The summed E-state index contributed by atoms with van der Waals surface area (Å²) in [5, 5.41) is 12.2. The van der Waals surface area contributed by atoms with Gasteiger partial charge in [-0.3, -0.25) is 9.59 Å². The van der Waals surface area contributed by atoms with Gasteiger partial charge in [-0.25, -0.2) is 0 Å². The Labute approximate surface area is 176 Å². The van der Waals surface area contributed by atoms with Gasteiger partial charge in [0.1, 0.15) is 10.8 Å². The van der Waals surface area contributed by atoms with Crippen molar-refractivity contribution >= 4 is 28.3 Å². The number of rotatable bonds is 11. The van der Waals surface area contributed by atoms with Gasteiger partial charge in [0, 0.05) is 31.5 Å². The molecule has 2 aromatic rings. The van der Waals surface area contributed by atoms with E-state index in [1.54, 1.807) is 12.0 Å². The number of methoxy groups -OCH3 is 1. The number of nitrogens with zero attached hydrogens (tertiary/aromatic N) is 3. The predicted octanol–water partition coefficient (Wildman–Crippen LogP) is 4.22. The molecule has 29 heavy (non-hydrogen) atoms. The van der Waals surface area contributed by atoms with Gasteiger partial charge in [-0.2, -0.15) is 0 Å². The second-order valence-corrected chi connectivity index (χ2v) is 8.25. The molecule has 0 fully saturated rings. The second kappa shape index (κ2) is 11.5. The Hall–Kier alpha value is -2.48. The van der Waals surface area contributed by atoms with E-state index in [1.165, 1.54) is 11.3 Å². The summed E-state index contributed by atoms with van der Waals surface area (Å²) in [6, 6.07) is 7.51. The van der Waals surface area contributed by atoms with Gasteiger partial charge in [0.05, 0.1) is 7.11 Å². The summed E-state index contributed by atoms with van der Waals surface area (Å²) in [7, 11) is 1.62. The van der Waals surface area contributed by atoms with Gasteiger partial charge in [-0.05, 0) is 36.6 Å². The Morgan fingerprint density at radius 3 is 2.52 bits per heavy atom. The van der Waals surface area contributed by atoms with Crippen LogP contribution >= 0.6 is 11.3 Å². The zero-order chi connectivity index (χ0) is 21.2. The first kappa shape index (κ1) is 22.8. The number of anilines is 1. The van der Waals surface area contributed by atoms with Crippen LogP contribution < -0.4 is 10.1 Å². The van der Waals surface area contributed by atoms with E-state index in [1.807, 2.05) is 38.1 Å². The standard InChI is InChI=1S/C21H30N4O3S/c1-5-6-12-25(19(27)14-15(2)3)13-11-18(26)22-21-24-23-20(29-21)16-7-9-17(28-4)10-8-16/h7-10,15H,5-6,11-14H2,1-4H3,(H,22,24,26). The van der Waals surface area contributed by atoms with E-state index in [0.717, 1.165) is 29.2 Å². The molecule has 0 spiro atoms. The molecule has 0 saturated carbocycles. The lowest BCUT2D eigenvalue weighted by Gasteiger charge is -2.23. The number of amides is 2.